The highest BCUT2D eigenvalue weighted by Gasteiger charge is 2.41. The molecule has 0 aromatic heterocycles. The van der Waals surface area contributed by atoms with Crippen LogP contribution in [0.25, 0.3) is 6.08 Å². The predicted octanol–water partition coefficient (Wildman–Crippen LogP) is 9.01. The number of nitrogens with one attached hydrogen (secondary N) is 1. The van der Waals surface area contributed by atoms with Crippen molar-refractivity contribution in [2.45, 2.75) is 21.6 Å². The third kappa shape index (κ3) is 5.99. The highest BCUT2D eigenvalue weighted by molar-refractivity contribution is 8.04. The van der Waals surface area contributed by atoms with Gasteiger partial charge in [0.1, 0.15) is 5.37 Å². The van der Waals surface area contributed by atoms with E-state index in [0.717, 1.165) is 29.0 Å². The number of urea groups is 1. The molecule has 1 atom stereocenters. The summed E-state index contributed by atoms with van der Waals surface area (Å²) in [6.07, 6.45) is 2.47. The highest BCUT2D eigenvalue weighted by Crippen LogP contribution is 2.48. The van der Waals surface area contributed by atoms with E-state index in [-0.39, 0.29) is 5.91 Å². The van der Waals surface area contributed by atoms with Crippen LogP contribution in [0.3, 0.4) is 0 Å². The minimum atomic E-state index is -0.537. The van der Waals surface area contributed by atoms with Gasteiger partial charge in [0.25, 0.3) is 5.91 Å². The molecule has 4 aromatic rings. The summed E-state index contributed by atoms with van der Waals surface area (Å²) < 4.78 is 0. The second kappa shape index (κ2) is 12.2. The van der Waals surface area contributed by atoms with Gasteiger partial charge in [0, 0.05) is 32.9 Å². The van der Waals surface area contributed by atoms with Gasteiger partial charge in [0.05, 0.1) is 16.3 Å². The molecule has 0 saturated carbocycles. The highest BCUT2D eigenvalue weighted by atomic mass is 35.5. The molecule has 6 rings (SSSR count). The molecule has 0 bridgehead atoms. The number of halogens is 2. The van der Waals surface area contributed by atoms with Crippen molar-refractivity contribution in [3.05, 3.63) is 123 Å². The first kappa shape index (κ1) is 27.8. The van der Waals surface area contributed by atoms with Gasteiger partial charge in [-0.25, -0.2) is 9.69 Å². The Kier molecular flexibility index (Phi) is 8.30. The van der Waals surface area contributed by atoms with Crippen LogP contribution in [-0.4, -0.2) is 29.9 Å². The van der Waals surface area contributed by atoms with E-state index >= 15 is 0 Å². The summed E-state index contributed by atoms with van der Waals surface area (Å²) in [4.78, 5) is 33.5. The molecular formula is C32H25Cl2N3O2S2. The van der Waals surface area contributed by atoms with Crippen LogP contribution in [0.1, 0.15) is 22.9 Å². The molecule has 1 N–H and O–H groups in total. The van der Waals surface area contributed by atoms with Gasteiger partial charge in [0.2, 0.25) is 0 Å². The van der Waals surface area contributed by atoms with Crippen molar-refractivity contribution in [1.82, 2.24) is 10.2 Å². The second-order valence-electron chi connectivity index (χ2n) is 9.54. The Morgan fingerprint density at radius 2 is 1.51 bits per heavy atom. The summed E-state index contributed by atoms with van der Waals surface area (Å²) in [5.74, 6) is -0.353. The fraction of sp³-hybridized carbons (Fsp3) is 0.125. The van der Waals surface area contributed by atoms with Crippen LogP contribution in [0.15, 0.2) is 112 Å². The zero-order valence-electron chi connectivity index (χ0n) is 21.8. The van der Waals surface area contributed by atoms with Gasteiger partial charge in [-0.2, -0.15) is 0 Å². The number of nitrogens with zero attached hydrogens (tertiary/aromatic N) is 2. The zero-order chi connectivity index (χ0) is 28.3. The lowest BCUT2D eigenvalue weighted by Crippen LogP contribution is -2.42. The van der Waals surface area contributed by atoms with Crippen LogP contribution in [0.2, 0.25) is 10.0 Å². The monoisotopic (exact) mass is 617 g/mol. The van der Waals surface area contributed by atoms with Gasteiger partial charge in [-0.05, 0) is 72.2 Å². The third-order valence-electron chi connectivity index (χ3n) is 6.77. The number of amides is 3. The Morgan fingerprint density at radius 3 is 2.20 bits per heavy atom. The van der Waals surface area contributed by atoms with Crippen molar-refractivity contribution >= 4 is 76.1 Å². The Bertz CT molecular complexity index is 1620. The Balaban J connectivity index is 1.18. The van der Waals surface area contributed by atoms with E-state index in [2.05, 4.69) is 46.6 Å². The first-order chi connectivity index (χ1) is 20.0. The number of benzene rings is 4. The maximum atomic E-state index is 13.6. The van der Waals surface area contributed by atoms with Crippen LogP contribution in [0.4, 0.5) is 16.2 Å². The lowest BCUT2D eigenvalue weighted by Gasteiger charge is -2.32. The molecule has 0 spiro atoms. The van der Waals surface area contributed by atoms with Gasteiger partial charge in [-0.15, -0.1) is 0 Å². The molecule has 2 aliphatic rings. The summed E-state index contributed by atoms with van der Waals surface area (Å²) in [7, 11) is 0. The number of carbonyl (C=O) groups is 2. The summed E-state index contributed by atoms with van der Waals surface area (Å²) >= 11 is 15.5. The van der Waals surface area contributed by atoms with E-state index in [9.17, 15) is 9.59 Å². The van der Waals surface area contributed by atoms with E-state index in [1.54, 1.807) is 42.1 Å². The third-order valence-corrected chi connectivity index (χ3v) is 9.62. The molecule has 5 nitrogen and oxygen atoms in total. The molecule has 0 aliphatic carbocycles. The largest absolute Gasteiger partial charge is 0.340 e. The molecule has 2 heterocycles. The van der Waals surface area contributed by atoms with Crippen molar-refractivity contribution in [3.63, 3.8) is 0 Å². The van der Waals surface area contributed by atoms with Crippen LogP contribution in [-0.2, 0) is 4.79 Å². The SMILES string of the molecule is O=C(NCCCN1c2ccccc2Sc2ccccc21)N1C(=O)/C(=C\c2cccc(Cl)c2)SC1c1cccc(Cl)c1. The number of hydrogen-bond donors (Lipinski definition) is 1. The van der Waals surface area contributed by atoms with E-state index < -0.39 is 11.4 Å². The van der Waals surface area contributed by atoms with Crippen molar-refractivity contribution in [2.24, 2.45) is 0 Å². The molecular weight excluding hydrogens is 593 g/mol. The molecule has 1 fully saturated rings. The molecule has 206 valence electrons. The van der Waals surface area contributed by atoms with E-state index in [0.29, 0.717) is 27.9 Å². The molecule has 1 unspecified atom stereocenters. The number of thioether (sulfide) groups is 1. The van der Waals surface area contributed by atoms with E-state index in [1.165, 1.54) is 26.5 Å². The Morgan fingerprint density at radius 1 is 0.854 bits per heavy atom. The Labute approximate surface area is 257 Å². The summed E-state index contributed by atoms with van der Waals surface area (Å²) in [5.41, 5.74) is 3.89. The number of fused-ring (bicyclic) bond motifs is 2. The summed E-state index contributed by atoms with van der Waals surface area (Å²) in [6, 6.07) is 30.8. The fourth-order valence-electron chi connectivity index (χ4n) is 4.91. The van der Waals surface area contributed by atoms with Gasteiger partial charge < -0.3 is 10.2 Å². The van der Waals surface area contributed by atoms with Crippen LogP contribution in [0, 0.1) is 0 Å². The number of carbonyl (C=O) groups excluding carboxylic acids is 2. The summed E-state index contributed by atoms with van der Waals surface area (Å²) in [5, 5.41) is 3.57. The minimum Gasteiger partial charge on any atom is -0.340 e. The first-order valence-corrected chi connectivity index (χ1v) is 15.6. The van der Waals surface area contributed by atoms with Crippen molar-refractivity contribution in [3.8, 4) is 0 Å². The standard InChI is InChI=1S/C32H25Cl2N3O2S2/c33-23-10-5-8-21(18-23)19-29-30(38)37(31(41-29)22-9-6-11-24(34)20-22)32(39)35-16-7-17-36-25-12-1-3-14-27(25)40-28-15-4-2-13-26(28)36/h1-6,8-15,18-20,31H,7,16-17H2,(H,35,39)/b29-19+. The second-order valence-corrected chi connectivity index (χ2v) is 12.6. The van der Waals surface area contributed by atoms with Crippen LogP contribution in [0.5, 0.6) is 0 Å². The quantitative estimate of drug-likeness (QED) is 0.173. The maximum Gasteiger partial charge on any atom is 0.325 e. The van der Waals surface area contributed by atoms with Gasteiger partial charge in [-0.1, -0.05) is 95.3 Å². The minimum absolute atomic E-state index is 0.353. The average Bonchev–Trinajstić information content (AvgIpc) is 3.30. The van der Waals surface area contributed by atoms with Crippen LogP contribution >= 0.6 is 46.7 Å². The zero-order valence-corrected chi connectivity index (χ0v) is 24.9. The number of para-hydroxylation sites is 2. The van der Waals surface area contributed by atoms with E-state index in [1.807, 2.05) is 36.4 Å². The summed E-state index contributed by atoms with van der Waals surface area (Å²) in [6.45, 7) is 1.13. The van der Waals surface area contributed by atoms with Crippen molar-refractivity contribution in [1.29, 1.82) is 0 Å². The molecule has 41 heavy (non-hydrogen) atoms. The Hall–Kier alpha value is -3.36. The van der Waals surface area contributed by atoms with Gasteiger partial charge in [0.15, 0.2) is 0 Å². The molecule has 3 amide bonds. The number of rotatable bonds is 6. The maximum absolute atomic E-state index is 13.6. The number of imide groups is 1. The lowest BCUT2D eigenvalue weighted by atomic mass is 10.2. The van der Waals surface area contributed by atoms with Crippen molar-refractivity contribution in [2.75, 3.05) is 18.0 Å². The molecule has 9 heteroatoms. The normalized spacial score (nSPS) is 17.0. The molecule has 4 aromatic carbocycles. The predicted molar refractivity (Wildman–Crippen MR) is 170 cm³/mol. The van der Waals surface area contributed by atoms with Crippen LogP contribution < -0.4 is 10.2 Å². The van der Waals surface area contributed by atoms with Crippen molar-refractivity contribution < 1.29 is 9.59 Å². The topological polar surface area (TPSA) is 52.7 Å². The number of hydrogen-bond acceptors (Lipinski definition) is 5. The molecule has 1 saturated heterocycles. The van der Waals surface area contributed by atoms with Gasteiger partial charge >= 0.3 is 6.03 Å². The first-order valence-electron chi connectivity index (χ1n) is 13.1. The molecule has 2 aliphatic heterocycles. The average molecular weight is 619 g/mol. The molecule has 0 radical (unpaired) electrons. The lowest BCUT2D eigenvalue weighted by molar-refractivity contribution is -0.123. The fourth-order valence-corrected chi connectivity index (χ4v) is 7.62. The van der Waals surface area contributed by atoms with Gasteiger partial charge in [-0.3, -0.25) is 4.79 Å². The van der Waals surface area contributed by atoms with E-state index in [4.69, 9.17) is 23.2 Å². The smallest absolute Gasteiger partial charge is 0.325 e. The number of anilines is 2.